The summed E-state index contributed by atoms with van der Waals surface area (Å²) in [4.78, 5) is 0. The quantitative estimate of drug-likeness (QED) is 0.544. The minimum atomic E-state index is 0.459. The molecule has 2 aromatic carbocycles. The van der Waals surface area contributed by atoms with Crippen molar-refractivity contribution in [3.05, 3.63) is 86.0 Å². The van der Waals surface area contributed by atoms with Gasteiger partial charge in [0.1, 0.15) is 24.7 Å². The Morgan fingerprint density at radius 2 is 1.42 bits per heavy atom. The van der Waals surface area contributed by atoms with E-state index >= 15 is 0 Å². The number of allylic oxidation sites excluding steroid dienone is 2. The van der Waals surface area contributed by atoms with E-state index in [1.165, 1.54) is 0 Å². The van der Waals surface area contributed by atoms with E-state index in [2.05, 4.69) is 44.5 Å². The molecular weight excluding hydrogens is 296 g/mol. The largest absolute Gasteiger partial charge is 0.489 e. The van der Waals surface area contributed by atoms with Crippen molar-refractivity contribution in [1.29, 1.82) is 0 Å². The Bertz CT molecular complexity index is 748. The molecule has 0 aromatic heterocycles. The topological polar surface area (TPSA) is 18.5 Å². The van der Waals surface area contributed by atoms with Crippen molar-refractivity contribution in [1.82, 2.24) is 0 Å². The van der Waals surface area contributed by atoms with Gasteiger partial charge in [0.25, 0.3) is 0 Å². The molecule has 0 spiro atoms. The van der Waals surface area contributed by atoms with Gasteiger partial charge < -0.3 is 9.47 Å². The van der Waals surface area contributed by atoms with Crippen LogP contribution in [-0.2, 0) is 12.8 Å². The van der Waals surface area contributed by atoms with E-state index in [0.717, 1.165) is 46.2 Å². The molecular formula is C22H24O2. The number of ether oxygens (including phenoxy) is 2. The second-order valence-corrected chi connectivity index (χ2v) is 5.42. The Balaban J connectivity index is 2.63. The van der Waals surface area contributed by atoms with Gasteiger partial charge >= 0.3 is 0 Å². The molecule has 0 amide bonds. The first-order valence-electron chi connectivity index (χ1n) is 8.02. The van der Waals surface area contributed by atoms with E-state index in [4.69, 9.17) is 9.47 Å². The Kier molecular flexibility index (Phi) is 6.44. The van der Waals surface area contributed by atoms with Crippen LogP contribution in [0.1, 0.15) is 11.1 Å². The van der Waals surface area contributed by atoms with Crippen molar-refractivity contribution in [3.8, 4) is 11.5 Å². The fourth-order valence-electron chi connectivity index (χ4n) is 2.64. The SMILES string of the molecule is C=CCOc1cc2c(OCC=C)c(CC=C)ccc2cc1CC=C. The van der Waals surface area contributed by atoms with Crippen molar-refractivity contribution in [2.75, 3.05) is 13.2 Å². The summed E-state index contributed by atoms with van der Waals surface area (Å²) in [5.74, 6) is 1.70. The molecule has 0 unspecified atom stereocenters. The van der Waals surface area contributed by atoms with E-state index in [9.17, 15) is 0 Å². The third-order valence-electron chi connectivity index (χ3n) is 3.66. The van der Waals surface area contributed by atoms with E-state index in [1.807, 2.05) is 18.2 Å². The van der Waals surface area contributed by atoms with Gasteiger partial charge in [0.15, 0.2) is 0 Å². The first kappa shape index (κ1) is 17.6. The highest BCUT2D eigenvalue weighted by Crippen LogP contribution is 2.35. The summed E-state index contributed by atoms with van der Waals surface area (Å²) in [6.45, 7) is 16.0. The summed E-state index contributed by atoms with van der Waals surface area (Å²) < 4.78 is 11.8. The first-order valence-corrected chi connectivity index (χ1v) is 8.02. The van der Waals surface area contributed by atoms with Gasteiger partial charge in [0, 0.05) is 5.39 Å². The lowest BCUT2D eigenvalue weighted by Crippen LogP contribution is -2.01. The van der Waals surface area contributed by atoms with Crippen LogP contribution in [0.4, 0.5) is 0 Å². The van der Waals surface area contributed by atoms with Gasteiger partial charge in [-0.05, 0) is 41.5 Å². The lowest BCUT2D eigenvalue weighted by molar-refractivity contribution is 0.357. The average Bonchev–Trinajstić information content (AvgIpc) is 2.59. The van der Waals surface area contributed by atoms with Crippen LogP contribution in [-0.4, -0.2) is 13.2 Å². The summed E-state index contributed by atoms with van der Waals surface area (Å²) in [5, 5.41) is 2.15. The van der Waals surface area contributed by atoms with Crippen molar-refractivity contribution in [2.24, 2.45) is 0 Å². The summed E-state index contributed by atoms with van der Waals surface area (Å²) >= 11 is 0. The molecule has 0 radical (unpaired) electrons. The number of hydrogen-bond donors (Lipinski definition) is 0. The van der Waals surface area contributed by atoms with Gasteiger partial charge in [0.05, 0.1) is 0 Å². The zero-order chi connectivity index (χ0) is 17.4. The molecule has 0 heterocycles. The molecule has 0 saturated heterocycles. The predicted octanol–water partition coefficient (Wildman–Crippen LogP) is 5.43. The maximum absolute atomic E-state index is 5.95. The smallest absolute Gasteiger partial charge is 0.131 e. The summed E-state index contributed by atoms with van der Waals surface area (Å²) in [5.41, 5.74) is 2.20. The number of fused-ring (bicyclic) bond motifs is 1. The van der Waals surface area contributed by atoms with E-state index in [-0.39, 0.29) is 0 Å². The first-order chi connectivity index (χ1) is 11.7. The Morgan fingerprint density at radius 3 is 2.08 bits per heavy atom. The highest BCUT2D eigenvalue weighted by Gasteiger charge is 2.12. The Morgan fingerprint density at radius 1 is 0.750 bits per heavy atom. The molecule has 2 rings (SSSR count). The monoisotopic (exact) mass is 320 g/mol. The Hall–Kier alpha value is -2.74. The molecule has 24 heavy (non-hydrogen) atoms. The molecule has 2 heteroatoms. The van der Waals surface area contributed by atoms with Gasteiger partial charge in [-0.25, -0.2) is 0 Å². The highest BCUT2D eigenvalue weighted by molar-refractivity contribution is 5.91. The summed E-state index contributed by atoms with van der Waals surface area (Å²) in [6.07, 6.45) is 8.74. The molecule has 2 nitrogen and oxygen atoms in total. The molecule has 0 fully saturated rings. The van der Waals surface area contributed by atoms with Crippen LogP contribution in [0.3, 0.4) is 0 Å². The van der Waals surface area contributed by atoms with Gasteiger partial charge in [-0.1, -0.05) is 49.6 Å². The van der Waals surface area contributed by atoms with Gasteiger partial charge in [-0.3, -0.25) is 0 Å². The minimum Gasteiger partial charge on any atom is -0.489 e. The summed E-state index contributed by atoms with van der Waals surface area (Å²) in [6, 6.07) is 8.37. The minimum absolute atomic E-state index is 0.459. The Labute approximate surface area is 144 Å². The lowest BCUT2D eigenvalue weighted by atomic mass is 9.99. The van der Waals surface area contributed by atoms with Crippen molar-refractivity contribution in [3.63, 3.8) is 0 Å². The van der Waals surface area contributed by atoms with Crippen molar-refractivity contribution < 1.29 is 9.47 Å². The maximum atomic E-state index is 5.95. The molecule has 0 bridgehead atoms. The molecule has 0 N–H and O–H groups in total. The molecule has 0 saturated carbocycles. The van der Waals surface area contributed by atoms with Crippen LogP contribution < -0.4 is 9.47 Å². The molecule has 0 aliphatic rings. The van der Waals surface area contributed by atoms with Crippen LogP contribution in [0.15, 0.2) is 74.9 Å². The van der Waals surface area contributed by atoms with Gasteiger partial charge in [0.2, 0.25) is 0 Å². The highest BCUT2D eigenvalue weighted by atomic mass is 16.5. The fourth-order valence-corrected chi connectivity index (χ4v) is 2.64. The molecule has 2 aromatic rings. The van der Waals surface area contributed by atoms with Crippen LogP contribution in [0, 0.1) is 0 Å². The van der Waals surface area contributed by atoms with E-state index in [1.54, 1.807) is 12.2 Å². The van der Waals surface area contributed by atoms with Crippen molar-refractivity contribution in [2.45, 2.75) is 12.8 Å². The number of rotatable bonds is 10. The van der Waals surface area contributed by atoms with Crippen LogP contribution >= 0.6 is 0 Å². The summed E-state index contributed by atoms with van der Waals surface area (Å²) in [7, 11) is 0. The molecule has 0 aliphatic carbocycles. The van der Waals surface area contributed by atoms with E-state index < -0.39 is 0 Å². The normalized spacial score (nSPS) is 10.2. The second-order valence-electron chi connectivity index (χ2n) is 5.42. The van der Waals surface area contributed by atoms with Crippen LogP contribution in [0.25, 0.3) is 10.8 Å². The molecule has 0 aliphatic heterocycles. The standard InChI is InChI=1S/C22H24O2/c1-5-9-17-11-12-18-15-19(10-6-2)21(23-13-7-3)16-20(18)22(17)24-14-8-4/h5-8,11-12,15-16H,1-4,9-10,13-14H2. The van der Waals surface area contributed by atoms with Crippen molar-refractivity contribution >= 4 is 10.8 Å². The third kappa shape index (κ3) is 3.96. The predicted molar refractivity (Wildman–Crippen MR) is 103 cm³/mol. The second kappa shape index (κ2) is 8.78. The maximum Gasteiger partial charge on any atom is 0.131 e. The van der Waals surface area contributed by atoms with Crippen LogP contribution in [0.2, 0.25) is 0 Å². The molecule has 0 atom stereocenters. The average molecular weight is 320 g/mol. The van der Waals surface area contributed by atoms with Crippen LogP contribution in [0.5, 0.6) is 11.5 Å². The van der Waals surface area contributed by atoms with E-state index in [0.29, 0.717) is 13.2 Å². The lowest BCUT2D eigenvalue weighted by Gasteiger charge is -2.16. The fraction of sp³-hybridized carbons (Fsp3) is 0.182. The molecule has 124 valence electrons. The number of benzene rings is 2. The zero-order valence-electron chi connectivity index (χ0n) is 14.1. The van der Waals surface area contributed by atoms with Gasteiger partial charge in [-0.15, -0.1) is 13.2 Å². The third-order valence-corrected chi connectivity index (χ3v) is 3.66. The van der Waals surface area contributed by atoms with Gasteiger partial charge in [-0.2, -0.15) is 0 Å². The zero-order valence-corrected chi connectivity index (χ0v) is 14.1. The number of hydrogen-bond acceptors (Lipinski definition) is 2.